The summed E-state index contributed by atoms with van der Waals surface area (Å²) in [5, 5.41) is 16.4. The first-order valence-electron chi connectivity index (χ1n) is 13.9. The van der Waals surface area contributed by atoms with E-state index in [4.69, 9.17) is 4.74 Å². The molecular formula is C29H38N2O5. The third-order valence-corrected chi connectivity index (χ3v) is 10.3. The SMILES string of the molecule is CCC1C(C)CC2C3CC4C=C/C(O)=C5/C(=O)NC(CCCNC(=O)C=CCC4C3C3OC3C12)C5=O. The summed E-state index contributed by atoms with van der Waals surface area (Å²) in [6, 6.07) is -0.651. The molecular weight excluding hydrogens is 456 g/mol. The van der Waals surface area contributed by atoms with Gasteiger partial charge in [-0.1, -0.05) is 32.4 Å². The molecule has 3 aliphatic heterocycles. The molecule has 194 valence electrons. The second kappa shape index (κ2) is 9.16. The van der Waals surface area contributed by atoms with Gasteiger partial charge in [0.05, 0.1) is 18.2 Å². The second-order valence-corrected chi connectivity index (χ2v) is 12.0. The number of hydrogen-bond donors (Lipinski definition) is 3. The number of ether oxygens (including phenoxy) is 1. The van der Waals surface area contributed by atoms with Gasteiger partial charge in [-0.2, -0.15) is 0 Å². The molecule has 2 saturated heterocycles. The van der Waals surface area contributed by atoms with Gasteiger partial charge in [-0.05, 0) is 91.6 Å². The molecule has 3 heterocycles. The number of Topliss-reactive ketones (excluding diaryl/α,β-unsaturated/α-hetero) is 1. The van der Waals surface area contributed by atoms with E-state index in [0.717, 1.165) is 18.8 Å². The van der Waals surface area contributed by atoms with Crippen LogP contribution in [-0.4, -0.2) is 47.5 Å². The van der Waals surface area contributed by atoms with E-state index in [1.807, 2.05) is 12.2 Å². The summed E-state index contributed by atoms with van der Waals surface area (Å²) in [4.78, 5) is 37.7. The highest BCUT2D eigenvalue weighted by atomic mass is 16.6. The minimum atomic E-state index is -0.651. The lowest BCUT2D eigenvalue weighted by Crippen LogP contribution is -2.39. The second-order valence-electron chi connectivity index (χ2n) is 12.0. The van der Waals surface area contributed by atoms with Crippen molar-refractivity contribution in [1.82, 2.24) is 10.6 Å². The van der Waals surface area contributed by atoms with Gasteiger partial charge >= 0.3 is 0 Å². The van der Waals surface area contributed by atoms with Crippen LogP contribution in [0.15, 0.2) is 35.6 Å². The zero-order valence-electron chi connectivity index (χ0n) is 21.2. The monoisotopic (exact) mass is 494 g/mol. The number of rotatable bonds is 1. The molecule has 36 heavy (non-hydrogen) atoms. The normalized spacial score (nSPS) is 48.1. The number of carbonyl (C=O) groups is 3. The number of carbonyl (C=O) groups excluding carboxylic acids is 3. The number of amides is 2. The van der Waals surface area contributed by atoms with E-state index in [0.29, 0.717) is 67.1 Å². The average Bonchev–Trinajstić information content (AvgIpc) is 3.32. The summed E-state index contributed by atoms with van der Waals surface area (Å²) >= 11 is 0. The fourth-order valence-corrected chi connectivity index (χ4v) is 8.82. The van der Waals surface area contributed by atoms with E-state index in [1.165, 1.54) is 12.8 Å². The summed E-state index contributed by atoms with van der Waals surface area (Å²) in [6.07, 6.45) is 13.1. The first kappa shape index (κ1) is 24.0. The number of nitrogens with one attached hydrogen (secondary N) is 2. The van der Waals surface area contributed by atoms with Crippen LogP contribution in [0.2, 0.25) is 0 Å². The summed E-state index contributed by atoms with van der Waals surface area (Å²) < 4.78 is 6.40. The molecule has 0 spiro atoms. The highest BCUT2D eigenvalue weighted by molar-refractivity contribution is 6.27. The number of hydrogen-bond acceptors (Lipinski definition) is 5. The number of aliphatic hydroxyl groups is 1. The lowest BCUT2D eigenvalue weighted by Gasteiger charge is -2.36. The Morgan fingerprint density at radius 3 is 2.64 bits per heavy atom. The van der Waals surface area contributed by atoms with Gasteiger partial charge in [-0.15, -0.1) is 0 Å². The van der Waals surface area contributed by atoms with Crippen molar-refractivity contribution in [2.75, 3.05) is 6.54 Å². The molecule has 6 rings (SSSR count). The third kappa shape index (κ3) is 3.85. The van der Waals surface area contributed by atoms with Crippen LogP contribution in [0.5, 0.6) is 0 Å². The minimum Gasteiger partial charge on any atom is -0.507 e. The predicted octanol–water partition coefficient (Wildman–Crippen LogP) is 3.23. The molecule has 0 aromatic heterocycles. The first-order chi connectivity index (χ1) is 17.4. The van der Waals surface area contributed by atoms with E-state index in [2.05, 4.69) is 24.5 Å². The molecule has 7 nitrogen and oxygen atoms in total. The van der Waals surface area contributed by atoms with Gasteiger partial charge in [-0.25, -0.2) is 0 Å². The summed E-state index contributed by atoms with van der Waals surface area (Å²) in [6.45, 7) is 5.14. The molecule has 3 N–H and O–H groups in total. The number of epoxide rings is 1. The van der Waals surface area contributed by atoms with Crippen molar-refractivity contribution in [2.45, 2.75) is 70.6 Å². The van der Waals surface area contributed by atoms with E-state index in [-0.39, 0.29) is 28.9 Å². The van der Waals surface area contributed by atoms with Gasteiger partial charge < -0.3 is 20.5 Å². The van der Waals surface area contributed by atoms with Gasteiger partial charge in [0.2, 0.25) is 5.91 Å². The Balaban J connectivity index is 1.32. The average molecular weight is 495 g/mol. The van der Waals surface area contributed by atoms with Gasteiger partial charge in [0.25, 0.3) is 5.91 Å². The van der Waals surface area contributed by atoms with Crippen molar-refractivity contribution < 1.29 is 24.2 Å². The van der Waals surface area contributed by atoms with Gasteiger partial charge in [0, 0.05) is 6.54 Å². The number of aliphatic hydroxyl groups excluding tert-OH is 1. The molecule has 2 amide bonds. The highest BCUT2D eigenvalue weighted by Gasteiger charge is 2.67. The van der Waals surface area contributed by atoms with Gasteiger partial charge in [0.15, 0.2) is 5.78 Å². The van der Waals surface area contributed by atoms with Crippen LogP contribution in [0.4, 0.5) is 0 Å². The van der Waals surface area contributed by atoms with E-state index < -0.39 is 11.9 Å². The maximum absolute atomic E-state index is 12.8. The van der Waals surface area contributed by atoms with Gasteiger partial charge in [0.1, 0.15) is 11.3 Å². The van der Waals surface area contributed by atoms with Crippen LogP contribution in [0, 0.1) is 47.3 Å². The first-order valence-corrected chi connectivity index (χ1v) is 13.9. The quantitative estimate of drug-likeness (QED) is 0.383. The molecule has 2 bridgehead atoms. The minimum absolute atomic E-state index is 0.122. The summed E-state index contributed by atoms with van der Waals surface area (Å²) in [5.74, 6) is 3.03. The predicted molar refractivity (Wildman–Crippen MR) is 134 cm³/mol. The van der Waals surface area contributed by atoms with Crippen LogP contribution in [-0.2, 0) is 19.1 Å². The summed E-state index contributed by atoms with van der Waals surface area (Å²) in [5.41, 5.74) is -0.139. The largest absolute Gasteiger partial charge is 0.507 e. The molecule has 3 aliphatic carbocycles. The molecule has 11 atom stereocenters. The van der Waals surface area contributed by atoms with E-state index in [1.54, 1.807) is 12.2 Å². The van der Waals surface area contributed by atoms with Crippen LogP contribution in [0.3, 0.4) is 0 Å². The van der Waals surface area contributed by atoms with Crippen LogP contribution in [0.1, 0.15) is 52.4 Å². The fraction of sp³-hybridized carbons (Fsp3) is 0.690. The number of fused-ring (bicyclic) bond motifs is 10. The molecule has 0 aromatic carbocycles. The Morgan fingerprint density at radius 2 is 1.83 bits per heavy atom. The molecule has 3 saturated carbocycles. The Hall–Kier alpha value is -2.41. The van der Waals surface area contributed by atoms with Crippen molar-refractivity contribution >= 4 is 17.6 Å². The Morgan fingerprint density at radius 1 is 1.06 bits per heavy atom. The Bertz CT molecular complexity index is 1050. The standard InChI is InChI=1S/C29H38N2O5/c1-3-16-14(2)12-18-19-13-15-9-10-21(32)25-26(34)20(31-29(25)35)7-5-11-30-22(33)8-4-6-17(15)24(19)28-27(36-28)23(16)18/h4,8-10,14-20,23-24,27-28,32H,3,5-7,11-13H2,1-2H3,(H,30,33)(H,31,35)/b8-4?,10-9?,25-21-. The lowest BCUT2D eigenvalue weighted by atomic mass is 9.65. The molecule has 11 unspecified atom stereocenters. The Labute approximate surface area is 212 Å². The number of allylic oxidation sites excluding steroid dienone is 3. The molecule has 0 aromatic rings. The van der Waals surface area contributed by atoms with Gasteiger partial charge in [-0.3, -0.25) is 14.4 Å². The fourth-order valence-electron chi connectivity index (χ4n) is 8.82. The van der Waals surface area contributed by atoms with Crippen molar-refractivity contribution in [3.63, 3.8) is 0 Å². The number of ketones is 1. The molecule has 5 fully saturated rings. The van der Waals surface area contributed by atoms with Crippen molar-refractivity contribution in [2.24, 2.45) is 47.3 Å². The summed E-state index contributed by atoms with van der Waals surface area (Å²) in [7, 11) is 0. The molecule has 0 radical (unpaired) electrons. The van der Waals surface area contributed by atoms with E-state index >= 15 is 0 Å². The third-order valence-electron chi connectivity index (χ3n) is 10.3. The molecule has 7 heteroatoms. The zero-order valence-corrected chi connectivity index (χ0v) is 21.2. The van der Waals surface area contributed by atoms with Crippen LogP contribution in [0.25, 0.3) is 0 Å². The zero-order chi connectivity index (χ0) is 25.1. The van der Waals surface area contributed by atoms with Crippen LogP contribution >= 0.6 is 0 Å². The van der Waals surface area contributed by atoms with Crippen molar-refractivity contribution in [3.05, 3.63) is 35.6 Å². The van der Waals surface area contributed by atoms with Crippen molar-refractivity contribution in [1.29, 1.82) is 0 Å². The maximum atomic E-state index is 12.8. The van der Waals surface area contributed by atoms with E-state index in [9.17, 15) is 19.5 Å². The molecule has 6 aliphatic rings. The maximum Gasteiger partial charge on any atom is 0.259 e. The topological polar surface area (TPSA) is 108 Å². The lowest BCUT2D eigenvalue weighted by molar-refractivity contribution is -0.118. The smallest absolute Gasteiger partial charge is 0.259 e. The Kier molecular flexibility index (Phi) is 6.09. The highest BCUT2D eigenvalue weighted by Crippen LogP contribution is 2.66. The van der Waals surface area contributed by atoms with Crippen molar-refractivity contribution in [3.8, 4) is 0 Å². The van der Waals surface area contributed by atoms with Crippen LogP contribution < -0.4 is 10.6 Å².